The highest BCUT2D eigenvalue weighted by Crippen LogP contribution is 2.34. The van der Waals surface area contributed by atoms with Crippen LogP contribution >= 0.6 is 0 Å². The third kappa shape index (κ3) is 2.34. The number of carbonyl (C=O) groups is 2. The summed E-state index contributed by atoms with van der Waals surface area (Å²) in [6, 6.07) is 0. The molecule has 0 spiro atoms. The molecule has 4 nitrogen and oxygen atoms in total. The van der Waals surface area contributed by atoms with Crippen LogP contribution in [0.25, 0.3) is 0 Å². The van der Waals surface area contributed by atoms with Gasteiger partial charge in [0.1, 0.15) is 0 Å². The Morgan fingerprint density at radius 2 is 1.94 bits per heavy atom. The second-order valence-corrected chi connectivity index (χ2v) is 4.27. The molecule has 1 saturated heterocycles. The average molecular weight is 257 g/mol. The number of amides is 1. The molecule has 8 heteroatoms. The lowest BCUT2D eigenvalue weighted by Crippen LogP contribution is -2.47. The molecule has 0 aromatic rings. The third-order valence-corrected chi connectivity index (χ3v) is 2.84. The fourth-order valence-electron chi connectivity index (χ4n) is 1.61. The van der Waals surface area contributed by atoms with Crippen molar-refractivity contribution in [2.75, 3.05) is 13.1 Å². The number of nitrogens with zero attached hydrogens (tertiary/aromatic N) is 1. The smallest absolute Gasteiger partial charge is 0.383 e. The Balaban J connectivity index is 2.79. The van der Waals surface area contributed by atoms with Gasteiger partial charge in [-0.15, -0.1) is 0 Å². The fraction of sp³-hybridized carbons (Fsp3) is 0.778. The average Bonchev–Trinajstić information content (AvgIpc) is 2.61. The number of halogens is 4. The minimum absolute atomic E-state index is 0.0343. The van der Waals surface area contributed by atoms with Crippen LogP contribution in [-0.2, 0) is 9.59 Å². The highest BCUT2D eigenvalue weighted by Gasteiger charge is 2.54. The summed E-state index contributed by atoms with van der Waals surface area (Å²) in [7, 11) is 0. The first-order valence-electron chi connectivity index (χ1n) is 4.80. The SMILES string of the molecule is CC1(C(=O)O)CCN(C(=O)C(F)(F)C(F)F)C1. The molecular weight excluding hydrogens is 246 g/mol. The number of alkyl halides is 4. The molecule has 1 amide bonds. The maximum absolute atomic E-state index is 12.8. The number of carbonyl (C=O) groups excluding carboxylic acids is 1. The molecule has 1 N–H and O–H groups in total. The predicted octanol–water partition coefficient (Wildman–Crippen LogP) is 1.21. The van der Waals surface area contributed by atoms with Crippen molar-refractivity contribution < 1.29 is 32.3 Å². The van der Waals surface area contributed by atoms with Crippen LogP contribution in [0.3, 0.4) is 0 Å². The zero-order valence-electron chi connectivity index (χ0n) is 8.92. The van der Waals surface area contributed by atoms with Crippen LogP contribution in [-0.4, -0.2) is 47.3 Å². The number of carboxylic acid groups (broad SMARTS) is 1. The molecule has 1 unspecified atom stereocenters. The Bertz CT molecular complexity index is 347. The third-order valence-electron chi connectivity index (χ3n) is 2.84. The van der Waals surface area contributed by atoms with Crippen LogP contribution < -0.4 is 0 Å². The quantitative estimate of drug-likeness (QED) is 0.773. The van der Waals surface area contributed by atoms with Gasteiger partial charge in [0.2, 0.25) is 0 Å². The molecule has 0 radical (unpaired) electrons. The van der Waals surface area contributed by atoms with E-state index in [0.29, 0.717) is 4.90 Å². The summed E-state index contributed by atoms with van der Waals surface area (Å²) in [6.07, 6.45) is -4.13. The van der Waals surface area contributed by atoms with E-state index < -0.39 is 36.2 Å². The van der Waals surface area contributed by atoms with E-state index in [1.54, 1.807) is 0 Å². The van der Waals surface area contributed by atoms with Crippen LogP contribution in [0.2, 0.25) is 0 Å². The van der Waals surface area contributed by atoms with Crippen molar-refractivity contribution in [1.29, 1.82) is 0 Å². The van der Waals surface area contributed by atoms with Crippen LogP contribution in [0.4, 0.5) is 17.6 Å². The van der Waals surface area contributed by atoms with E-state index in [-0.39, 0.29) is 13.0 Å². The number of likely N-dealkylation sites (tertiary alicyclic amines) is 1. The maximum atomic E-state index is 12.8. The minimum Gasteiger partial charge on any atom is -0.481 e. The zero-order valence-corrected chi connectivity index (χ0v) is 8.92. The van der Waals surface area contributed by atoms with Crippen molar-refractivity contribution in [3.8, 4) is 0 Å². The number of hydrogen-bond acceptors (Lipinski definition) is 2. The Morgan fingerprint density at radius 1 is 1.41 bits per heavy atom. The van der Waals surface area contributed by atoms with Gasteiger partial charge in [0.15, 0.2) is 0 Å². The van der Waals surface area contributed by atoms with Crippen LogP contribution in [0.1, 0.15) is 13.3 Å². The van der Waals surface area contributed by atoms with Gasteiger partial charge in [0, 0.05) is 13.1 Å². The fourth-order valence-corrected chi connectivity index (χ4v) is 1.61. The lowest BCUT2D eigenvalue weighted by molar-refractivity contribution is -0.180. The molecule has 98 valence electrons. The molecule has 1 atom stereocenters. The molecule has 1 heterocycles. The molecule has 1 aliphatic rings. The van der Waals surface area contributed by atoms with Gasteiger partial charge in [0.25, 0.3) is 5.91 Å². The molecule has 0 aromatic heterocycles. The molecule has 1 fully saturated rings. The summed E-state index contributed by atoms with van der Waals surface area (Å²) in [5.41, 5.74) is -1.35. The number of hydrogen-bond donors (Lipinski definition) is 1. The predicted molar refractivity (Wildman–Crippen MR) is 47.9 cm³/mol. The topological polar surface area (TPSA) is 57.6 Å². The molecule has 1 aliphatic heterocycles. The zero-order chi connectivity index (χ0) is 13.4. The van der Waals surface area contributed by atoms with Gasteiger partial charge in [-0.2, -0.15) is 8.78 Å². The van der Waals surface area contributed by atoms with Crippen LogP contribution in [0.15, 0.2) is 0 Å². The minimum atomic E-state index is -4.76. The van der Waals surface area contributed by atoms with Gasteiger partial charge >= 0.3 is 18.3 Å². The highest BCUT2D eigenvalue weighted by molar-refractivity contribution is 5.85. The first-order valence-corrected chi connectivity index (χ1v) is 4.80. The Hall–Kier alpha value is -1.34. The first-order chi connectivity index (χ1) is 7.61. The molecule has 1 rings (SSSR count). The van der Waals surface area contributed by atoms with E-state index in [0.717, 1.165) is 0 Å². The molecule has 0 aromatic carbocycles. The van der Waals surface area contributed by atoms with Crippen molar-refractivity contribution >= 4 is 11.9 Å². The van der Waals surface area contributed by atoms with E-state index in [1.165, 1.54) is 6.92 Å². The largest absolute Gasteiger partial charge is 0.481 e. The second-order valence-electron chi connectivity index (χ2n) is 4.27. The summed E-state index contributed by atoms with van der Waals surface area (Å²) >= 11 is 0. The van der Waals surface area contributed by atoms with E-state index in [9.17, 15) is 27.2 Å². The van der Waals surface area contributed by atoms with Gasteiger partial charge in [0.05, 0.1) is 5.41 Å². The van der Waals surface area contributed by atoms with Crippen LogP contribution in [0, 0.1) is 5.41 Å². The molecule has 0 bridgehead atoms. The molecule has 0 aliphatic carbocycles. The summed E-state index contributed by atoms with van der Waals surface area (Å²) in [5.74, 6) is -8.02. The maximum Gasteiger partial charge on any atom is 0.383 e. The van der Waals surface area contributed by atoms with Gasteiger partial charge in [-0.1, -0.05) is 0 Å². The number of aliphatic carboxylic acids is 1. The van der Waals surface area contributed by atoms with E-state index in [4.69, 9.17) is 5.11 Å². The summed E-state index contributed by atoms with van der Waals surface area (Å²) < 4.78 is 49.4. The number of carboxylic acids is 1. The summed E-state index contributed by atoms with van der Waals surface area (Å²) in [5, 5.41) is 8.81. The normalized spacial score (nSPS) is 25.4. The van der Waals surface area contributed by atoms with Gasteiger partial charge in [-0.3, -0.25) is 9.59 Å². The van der Waals surface area contributed by atoms with Crippen molar-refractivity contribution in [3.05, 3.63) is 0 Å². The van der Waals surface area contributed by atoms with Crippen molar-refractivity contribution in [2.45, 2.75) is 25.7 Å². The van der Waals surface area contributed by atoms with E-state index in [2.05, 4.69) is 0 Å². The summed E-state index contributed by atoms with van der Waals surface area (Å²) in [6.45, 7) is 0.538. The summed E-state index contributed by atoms with van der Waals surface area (Å²) in [4.78, 5) is 22.4. The van der Waals surface area contributed by atoms with Gasteiger partial charge in [-0.05, 0) is 13.3 Å². The number of rotatable bonds is 3. The first kappa shape index (κ1) is 13.7. The van der Waals surface area contributed by atoms with E-state index in [1.807, 2.05) is 0 Å². The van der Waals surface area contributed by atoms with Crippen molar-refractivity contribution in [2.24, 2.45) is 5.41 Å². The Kier molecular flexibility index (Phi) is 3.35. The monoisotopic (exact) mass is 257 g/mol. The Labute approximate surface area is 94.2 Å². The second kappa shape index (κ2) is 4.15. The van der Waals surface area contributed by atoms with E-state index >= 15 is 0 Å². The van der Waals surface area contributed by atoms with Gasteiger partial charge < -0.3 is 10.0 Å². The molecule has 0 saturated carbocycles. The van der Waals surface area contributed by atoms with Crippen molar-refractivity contribution in [3.63, 3.8) is 0 Å². The molecule has 17 heavy (non-hydrogen) atoms. The lowest BCUT2D eigenvalue weighted by atomic mass is 9.90. The van der Waals surface area contributed by atoms with Crippen LogP contribution in [0.5, 0.6) is 0 Å². The molecular formula is C9H11F4NO3. The van der Waals surface area contributed by atoms with Crippen molar-refractivity contribution in [1.82, 2.24) is 4.90 Å². The standard InChI is InChI=1S/C9H11F4NO3/c1-8(7(16)17)2-3-14(4-8)6(15)9(12,13)5(10)11/h5H,2-4H2,1H3,(H,16,17). The van der Waals surface area contributed by atoms with Gasteiger partial charge in [-0.25, -0.2) is 8.78 Å². The Morgan fingerprint density at radius 3 is 2.29 bits per heavy atom. The highest BCUT2D eigenvalue weighted by atomic mass is 19.3. The lowest BCUT2D eigenvalue weighted by Gasteiger charge is -2.24.